The van der Waals surface area contributed by atoms with E-state index < -0.39 is 27.3 Å². The van der Waals surface area contributed by atoms with Crippen molar-refractivity contribution in [3.05, 3.63) is 38.4 Å². The van der Waals surface area contributed by atoms with Crippen LogP contribution in [0.15, 0.2) is 28.5 Å². The molecule has 1 heterocycles. The van der Waals surface area contributed by atoms with Gasteiger partial charge in [-0.3, -0.25) is 25.2 Å². The highest BCUT2D eigenvalue weighted by Gasteiger charge is 2.26. The highest BCUT2D eigenvalue weighted by atomic mass is 16.6. The van der Waals surface area contributed by atoms with E-state index >= 15 is 0 Å². The standard InChI is InChI=1S/C15H20N6O6/c1-3-27-15(22)19-9-8-18(7-6-11(19)2)17-16-13-5-4-12(20(23)24)10-14(13)21(25)26/h4-5,10-11H,3,6-9H2,1-2H3. The lowest BCUT2D eigenvalue weighted by Crippen LogP contribution is -2.40. The highest BCUT2D eigenvalue weighted by Crippen LogP contribution is 2.31. The van der Waals surface area contributed by atoms with E-state index in [2.05, 4.69) is 10.3 Å². The molecule has 1 fully saturated rings. The van der Waals surface area contributed by atoms with Gasteiger partial charge in [-0.25, -0.2) is 4.79 Å². The molecule has 1 aliphatic heterocycles. The van der Waals surface area contributed by atoms with Gasteiger partial charge >= 0.3 is 11.8 Å². The van der Waals surface area contributed by atoms with E-state index in [0.29, 0.717) is 26.1 Å². The molecular weight excluding hydrogens is 360 g/mol. The molecule has 1 aromatic carbocycles. The molecule has 1 aromatic rings. The fraction of sp³-hybridized carbons (Fsp3) is 0.533. The van der Waals surface area contributed by atoms with E-state index in [1.54, 1.807) is 16.8 Å². The molecule has 1 amide bonds. The summed E-state index contributed by atoms with van der Waals surface area (Å²) in [5, 5.41) is 31.4. The van der Waals surface area contributed by atoms with Gasteiger partial charge in [0.2, 0.25) is 0 Å². The summed E-state index contributed by atoms with van der Waals surface area (Å²) >= 11 is 0. The van der Waals surface area contributed by atoms with Crippen LogP contribution in [-0.2, 0) is 4.74 Å². The SMILES string of the molecule is CCOC(=O)N1CCN(N=Nc2ccc([N+](=O)[O-])cc2[N+](=O)[O-])CCC1C. The maximum Gasteiger partial charge on any atom is 0.410 e. The molecule has 0 aromatic heterocycles. The van der Waals surface area contributed by atoms with Crippen LogP contribution in [-0.4, -0.2) is 58.1 Å². The Bertz CT molecular complexity index is 754. The van der Waals surface area contributed by atoms with Crippen LogP contribution in [0.25, 0.3) is 0 Å². The number of amides is 1. The van der Waals surface area contributed by atoms with Crippen molar-refractivity contribution in [1.29, 1.82) is 0 Å². The zero-order chi connectivity index (χ0) is 20.0. The molecule has 2 rings (SSSR count). The van der Waals surface area contributed by atoms with Gasteiger partial charge in [-0.05, 0) is 26.3 Å². The fourth-order valence-corrected chi connectivity index (χ4v) is 2.58. The topological polar surface area (TPSA) is 144 Å². The number of carbonyl (C=O) groups is 1. The van der Waals surface area contributed by atoms with Crippen LogP contribution in [0.4, 0.5) is 21.9 Å². The molecule has 0 N–H and O–H groups in total. The van der Waals surface area contributed by atoms with Crippen molar-refractivity contribution < 1.29 is 19.4 Å². The number of nitrogens with zero attached hydrogens (tertiary/aromatic N) is 6. The molecule has 0 spiro atoms. The highest BCUT2D eigenvalue weighted by molar-refractivity contribution is 5.68. The van der Waals surface area contributed by atoms with Crippen molar-refractivity contribution in [2.45, 2.75) is 26.3 Å². The van der Waals surface area contributed by atoms with E-state index in [4.69, 9.17) is 4.74 Å². The Labute approximate surface area is 154 Å². The van der Waals surface area contributed by atoms with Crippen LogP contribution in [0.2, 0.25) is 0 Å². The maximum absolute atomic E-state index is 12.0. The summed E-state index contributed by atoms with van der Waals surface area (Å²) < 4.78 is 5.03. The summed E-state index contributed by atoms with van der Waals surface area (Å²) in [6, 6.07) is 3.12. The first kappa shape index (κ1) is 20.0. The lowest BCUT2D eigenvalue weighted by molar-refractivity contribution is -0.393. The predicted octanol–water partition coefficient (Wildman–Crippen LogP) is 3.05. The van der Waals surface area contributed by atoms with Crippen LogP contribution in [0, 0.1) is 20.2 Å². The number of benzene rings is 1. The minimum absolute atomic E-state index is 0.0436. The summed E-state index contributed by atoms with van der Waals surface area (Å²) in [6.07, 6.45) is 0.231. The number of ether oxygens (including phenoxy) is 1. The van der Waals surface area contributed by atoms with E-state index in [1.165, 1.54) is 6.07 Å². The summed E-state index contributed by atoms with van der Waals surface area (Å²) in [4.78, 5) is 34.0. The first-order valence-corrected chi connectivity index (χ1v) is 8.36. The first-order valence-electron chi connectivity index (χ1n) is 8.36. The Morgan fingerprint density at radius 3 is 2.63 bits per heavy atom. The molecule has 27 heavy (non-hydrogen) atoms. The third-order valence-electron chi connectivity index (χ3n) is 4.08. The normalized spacial score (nSPS) is 17.6. The third kappa shape index (κ3) is 5.09. The Morgan fingerprint density at radius 1 is 1.26 bits per heavy atom. The summed E-state index contributed by atoms with van der Waals surface area (Å²) in [5.41, 5.74) is -0.969. The van der Waals surface area contributed by atoms with Crippen molar-refractivity contribution in [2.75, 3.05) is 26.2 Å². The molecule has 146 valence electrons. The van der Waals surface area contributed by atoms with Crippen molar-refractivity contribution in [1.82, 2.24) is 9.91 Å². The Balaban J connectivity index is 2.13. The van der Waals surface area contributed by atoms with Gasteiger partial charge in [-0.1, -0.05) is 5.22 Å². The number of rotatable bonds is 5. The molecule has 1 saturated heterocycles. The zero-order valence-electron chi connectivity index (χ0n) is 15.0. The first-order chi connectivity index (χ1) is 12.8. The van der Waals surface area contributed by atoms with Crippen LogP contribution in [0.1, 0.15) is 20.3 Å². The van der Waals surface area contributed by atoms with Crippen molar-refractivity contribution >= 4 is 23.2 Å². The van der Waals surface area contributed by atoms with Crippen molar-refractivity contribution in [3.8, 4) is 0 Å². The monoisotopic (exact) mass is 380 g/mol. The zero-order valence-corrected chi connectivity index (χ0v) is 15.0. The summed E-state index contributed by atoms with van der Waals surface area (Å²) in [5.74, 6) is 0. The van der Waals surface area contributed by atoms with Gasteiger partial charge in [0.25, 0.3) is 5.69 Å². The minimum Gasteiger partial charge on any atom is -0.450 e. The second kappa shape index (κ2) is 8.87. The van der Waals surface area contributed by atoms with Crippen LogP contribution in [0.3, 0.4) is 0 Å². The molecule has 0 aliphatic carbocycles. The summed E-state index contributed by atoms with van der Waals surface area (Å²) in [7, 11) is 0. The maximum atomic E-state index is 12.0. The molecule has 1 atom stereocenters. The van der Waals surface area contributed by atoms with Gasteiger partial charge in [0, 0.05) is 25.2 Å². The number of carbonyl (C=O) groups excluding carboxylic acids is 1. The van der Waals surface area contributed by atoms with Crippen molar-refractivity contribution in [2.24, 2.45) is 10.3 Å². The lowest BCUT2D eigenvalue weighted by atomic mass is 10.2. The van der Waals surface area contributed by atoms with Crippen LogP contribution >= 0.6 is 0 Å². The Kier molecular flexibility index (Phi) is 6.57. The van der Waals surface area contributed by atoms with E-state index in [9.17, 15) is 25.0 Å². The molecule has 1 aliphatic rings. The molecule has 12 heteroatoms. The summed E-state index contributed by atoms with van der Waals surface area (Å²) in [6.45, 7) is 5.18. The largest absolute Gasteiger partial charge is 0.450 e. The van der Waals surface area contributed by atoms with Gasteiger partial charge < -0.3 is 9.64 Å². The van der Waals surface area contributed by atoms with Gasteiger partial charge in [-0.2, -0.15) is 0 Å². The Hall–Kier alpha value is -3.31. The molecule has 0 saturated carbocycles. The molecule has 1 unspecified atom stereocenters. The number of nitro benzene ring substituents is 2. The van der Waals surface area contributed by atoms with E-state index in [-0.39, 0.29) is 18.3 Å². The number of nitro groups is 2. The molecule has 0 radical (unpaired) electrons. The molecular formula is C15H20N6O6. The quantitative estimate of drug-likeness (QED) is 0.433. The number of non-ortho nitro benzene ring substituents is 1. The number of hydrogen-bond acceptors (Lipinski definition) is 8. The lowest BCUT2D eigenvalue weighted by Gasteiger charge is -2.25. The molecule has 0 bridgehead atoms. The second-order valence-electron chi connectivity index (χ2n) is 5.86. The van der Waals surface area contributed by atoms with Gasteiger partial charge in [0.1, 0.15) is 0 Å². The van der Waals surface area contributed by atoms with Crippen LogP contribution in [0.5, 0.6) is 0 Å². The fourth-order valence-electron chi connectivity index (χ4n) is 2.58. The second-order valence-corrected chi connectivity index (χ2v) is 5.86. The predicted molar refractivity (Wildman–Crippen MR) is 93.6 cm³/mol. The third-order valence-corrected chi connectivity index (χ3v) is 4.08. The van der Waals surface area contributed by atoms with Gasteiger partial charge in [-0.15, -0.1) is 5.11 Å². The van der Waals surface area contributed by atoms with Crippen molar-refractivity contribution in [3.63, 3.8) is 0 Å². The average molecular weight is 380 g/mol. The smallest absolute Gasteiger partial charge is 0.410 e. The van der Waals surface area contributed by atoms with Crippen LogP contribution < -0.4 is 0 Å². The average Bonchev–Trinajstić information content (AvgIpc) is 2.81. The van der Waals surface area contributed by atoms with Gasteiger partial charge in [0.15, 0.2) is 5.69 Å². The minimum atomic E-state index is -0.742. The Morgan fingerprint density at radius 2 is 2.00 bits per heavy atom. The van der Waals surface area contributed by atoms with E-state index in [1.807, 2.05) is 6.92 Å². The van der Waals surface area contributed by atoms with Gasteiger partial charge in [0.05, 0.1) is 29.1 Å². The molecule has 12 nitrogen and oxygen atoms in total. The van der Waals surface area contributed by atoms with E-state index in [0.717, 1.165) is 12.1 Å². The number of hydrogen-bond donors (Lipinski definition) is 0.